The summed E-state index contributed by atoms with van der Waals surface area (Å²) in [5.41, 5.74) is 2.05. The van der Waals surface area contributed by atoms with E-state index in [1.807, 2.05) is 37.6 Å². The summed E-state index contributed by atoms with van der Waals surface area (Å²) in [7, 11) is 0. The highest BCUT2D eigenvalue weighted by molar-refractivity contribution is 5.94. The molecule has 0 unspecified atom stereocenters. The quantitative estimate of drug-likeness (QED) is 0.683. The second-order valence-corrected chi connectivity index (χ2v) is 7.23. The zero-order valence-electron chi connectivity index (χ0n) is 16.8. The fourth-order valence-corrected chi connectivity index (χ4v) is 3.61. The first kappa shape index (κ1) is 19.0. The summed E-state index contributed by atoms with van der Waals surface area (Å²) in [6, 6.07) is 10.0. The molecular formula is C21H23FN6O. The molecule has 1 aromatic carbocycles. The molecule has 1 saturated heterocycles. The molecule has 1 aliphatic heterocycles. The van der Waals surface area contributed by atoms with Crippen molar-refractivity contribution in [1.29, 1.82) is 0 Å². The fraction of sp³-hybridized carbons (Fsp3) is 0.333. The van der Waals surface area contributed by atoms with Gasteiger partial charge in [-0.05, 0) is 39.0 Å². The minimum Gasteiger partial charge on any atom is -0.353 e. The van der Waals surface area contributed by atoms with Crippen LogP contribution in [0, 0.1) is 26.6 Å². The Bertz CT molecular complexity index is 1060. The first-order valence-corrected chi connectivity index (χ1v) is 9.60. The molecule has 1 amide bonds. The van der Waals surface area contributed by atoms with E-state index in [1.54, 1.807) is 17.0 Å². The van der Waals surface area contributed by atoms with Gasteiger partial charge in [0.15, 0.2) is 5.82 Å². The fourth-order valence-electron chi connectivity index (χ4n) is 3.61. The van der Waals surface area contributed by atoms with Gasteiger partial charge in [0.2, 0.25) is 0 Å². The van der Waals surface area contributed by atoms with Crippen molar-refractivity contribution in [2.45, 2.75) is 20.8 Å². The van der Waals surface area contributed by atoms with Gasteiger partial charge in [-0.15, -0.1) is 0 Å². The maximum atomic E-state index is 13.9. The van der Waals surface area contributed by atoms with E-state index in [0.717, 1.165) is 23.0 Å². The molecule has 150 valence electrons. The summed E-state index contributed by atoms with van der Waals surface area (Å²) in [5.74, 6) is 1.43. The van der Waals surface area contributed by atoms with Crippen molar-refractivity contribution >= 4 is 11.7 Å². The van der Waals surface area contributed by atoms with Gasteiger partial charge in [-0.2, -0.15) is 5.10 Å². The van der Waals surface area contributed by atoms with Crippen molar-refractivity contribution in [2.75, 3.05) is 31.1 Å². The largest absolute Gasteiger partial charge is 0.353 e. The smallest absolute Gasteiger partial charge is 0.256 e. The summed E-state index contributed by atoms with van der Waals surface area (Å²) in [6.07, 6.45) is 0. The van der Waals surface area contributed by atoms with Gasteiger partial charge < -0.3 is 9.80 Å². The maximum absolute atomic E-state index is 13.9. The van der Waals surface area contributed by atoms with Crippen LogP contribution in [0.3, 0.4) is 0 Å². The van der Waals surface area contributed by atoms with Crippen molar-refractivity contribution < 1.29 is 9.18 Å². The van der Waals surface area contributed by atoms with E-state index >= 15 is 0 Å². The van der Waals surface area contributed by atoms with Crippen molar-refractivity contribution in [2.24, 2.45) is 0 Å². The highest BCUT2D eigenvalue weighted by atomic mass is 19.1. The average Bonchev–Trinajstić information content (AvgIpc) is 3.05. The van der Waals surface area contributed by atoms with E-state index in [1.165, 1.54) is 12.1 Å². The van der Waals surface area contributed by atoms with E-state index in [2.05, 4.69) is 20.0 Å². The van der Waals surface area contributed by atoms with Crippen LogP contribution in [-0.4, -0.2) is 56.7 Å². The molecule has 3 heterocycles. The molecule has 2 aromatic heterocycles. The number of benzene rings is 1. The van der Waals surface area contributed by atoms with Crippen LogP contribution < -0.4 is 4.90 Å². The number of anilines is 1. The molecular weight excluding hydrogens is 371 g/mol. The number of hydrogen-bond donors (Lipinski definition) is 0. The lowest BCUT2D eigenvalue weighted by Crippen LogP contribution is -2.49. The van der Waals surface area contributed by atoms with Crippen LogP contribution in [0.5, 0.6) is 0 Å². The van der Waals surface area contributed by atoms with Gasteiger partial charge in [0, 0.05) is 37.9 Å². The second-order valence-electron chi connectivity index (χ2n) is 7.23. The predicted molar refractivity (Wildman–Crippen MR) is 108 cm³/mol. The summed E-state index contributed by atoms with van der Waals surface area (Å²) >= 11 is 0. The third kappa shape index (κ3) is 3.83. The number of nitrogens with zero attached hydrogens (tertiary/aromatic N) is 6. The summed E-state index contributed by atoms with van der Waals surface area (Å²) in [5, 5.41) is 4.50. The maximum Gasteiger partial charge on any atom is 0.256 e. The molecule has 7 nitrogen and oxygen atoms in total. The van der Waals surface area contributed by atoms with Gasteiger partial charge in [-0.1, -0.05) is 12.1 Å². The van der Waals surface area contributed by atoms with Crippen molar-refractivity contribution in [3.05, 3.63) is 65.0 Å². The minimum atomic E-state index is -0.485. The molecule has 3 aromatic rings. The van der Waals surface area contributed by atoms with Gasteiger partial charge in [0.1, 0.15) is 17.5 Å². The molecule has 0 saturated carbocycles. The van der Waals surface area contributed by atoms with Crippen LogP contribution in [0.1, 0.15) is 27.6 Å². The Balaban J connectivity index is 1.51. The molecule has 1 fully saturated rings. The van der Waals surface area contributed by atoms with E-state index in [0.29, 0.717) is 32.0 Å². The van der Waals surface area contributed by atoms with E-state index in [9.17, 15) is 9.18 Å². The van der Waals surface area contributed by atoms with Crippen molar-refractivity contribution in [1.82, 2.24) is 24.6 Å². The third-order valence-electron chi connectivity index (χ3n) is 5.03. The standard InChI is InChI=1S/C21H23FN6O/c1-14-12-15(2)28(25-14)20-13-19(23-16(3)24-20)26-8-10-27(11-9-26)21(29)17-6-4-5-7-18(17)22/h4-7,12-13H,8-11H2,1-3H3. The molecule has 8 heteroatoms. The number of hydrogen-bond acceptors (Lipinski definition) is 5. The first-order valence-electron chi connectivity index (χ1n) is 9.60. The van der Waals surface area contributed by atoms with Crippen LogP contribution in [-0.2, 0) is 0 Å². The zero-order valence-corrected chi connectivity index (χ0v) is 16.8. The molecule has 0 aliphatic carbocycles. The van der Waals surface area contributed by atoms with Crippen LogP contribution in [0.15, 0.2) is 36.4 Å². The SMILES string of the molecule is Cc1cc(C)n(-c2cc(N3CCN(C(=O)c4ccccc4F)CC3)nc(C)n2)n1. The third-order valence-corrected chi connectivity index (χ3v) is 5.03. The first-order chi connectivity index (χ1) is 13.9. The Morgan fingerprint density at radius 1 is 0.966 bits per heavy atom. The predicted octanol–water partition coefficient (Wildman–Crippen LogP) is 2.69. The Kier molecular flexibility index (Phi) is 5.00. The van der Waals surface area contributed by atoms with Crippen LogP contribution in [0.4, 0.5) is 10.2 Å². The molecule has 0 atom stereocenters. The van der Waals surface area contributed by atoms with Gasteiger partial charge in [0.05, 0.1) is 11.3 Å². The van der Waals surface area contributed by atoms with Gasteiger partial charge in [-0.25, -0.2) is 19.0 Å². The minimum absolute atomic E-state index is 0.116. The normalized spacial score (nSPS) is 14.3. The highest BCUT2D eigenvalue weighted by Crippen LogP contribution is 2.20. The topological polar surface area (TPSA) is 67.2 Å². The molecule has 0 spiro atoms. The number of halogens is 1. The lowest BCUT2D eigenvalue weighted by atomic mass is 10.1. The van der Waals surface area contributed by atoms with Crippen molar-refractivity contribution in [3.8, 4) is 5.82 Å². The number of aryl methyl sites for hydroxylation is 3. The molecule has 1 aliphatic rings. The molecule has 29 heavy (non-hydrogen) atoms. The second kappa shape index (κ2) is 7.62. The van der Waals surface area contributed by atoms with Gasteiger partial charge in [-0.3, -0.25) is 4.79 Å². The molecule has 0 radical (unpaired) electrons. The Labute approximate surface area is 168 Å². The highest BCUT2D eigenvalue weighted by Gasteiger charge is 2.25. The summed E-state index contributed by atoms with van der Waals surface area (Å²) in [4.78, 5) is 25.5. The van der Waals surface area contributed by atoms with Gasteiger partial charge >= 0.3 is 0 Å². The van der Waals surface area contributed by atoms with E-state index in [-0.39, 0.29) is 11.5 Å². The molecule has 4 rings (SSSR count). The van der Waals surface area contributed by atoms with Crippen LogP contribution in [0.25, 0.3) is 5.82 Å². The Morgan fingerprint density at radius 2 is 1.66 bits per heavy atom. The Hall–Kier alpha value is -3.29. The van der Waals surface area contributed by atoms with E-state index in [4.69, 9.17) is 0 Å². The summed E-state index contributed by atoms with van der Waals surface area (Å²) < 4.78 is 15.7. The monoisotopic (exact) mass is 394 g/mol. The average molecular weight is 394 g/mol. The number of carbonyl (C=O) groups excluding carboxylic acids is 1. The molecule has 0 N–H and O–H groups in total. The summed E-state index contributed by atoms with van der Waals surface area (Å²) in [6.45, 7) is 8.04. The lowest BCUT2D eigenvalue weighted by molar-refractivity contribution is 0.0741. The molecule has 0 bridgehead atoms. The Morgan fingerprint density at radius 3 is 2.31 bits per heavy atom. The number of rotatable bonds is 3. The van der Waals surface area contributed by atoms with Gasteiger partial charge in [0.25, 0.3) is 5.91 Å². The lowest BCUT2D eigenvalue weighted by Gasteiger charge is -2.35. The van der Waals surface area contributed by atoms with Crippen molar-refractivity contribution in [3.63, 3.8) is 0 Å². The van der Waals surface area contributed by atoms with E-state index < -0.39 is 5.82 Å². The number of carbonyl (C=O) groups is 1. The zero-order chi connectivity index (χ0) is 20.5. The van der Waals surface area contributed by atoms with Crippen LogP contribution >= 0.6 is 0 Å². The van der Waals surface area contributed by atoms with Crippen LogP contribution in [0.2, 0.25) is 0 Å². The number of aromatic nitrogens is 4. The number of amides is 1. The number of piperazine rings is 1.